The Morgan fingerprint density at radius 3 is 2.29 bits per heavy atom. The summed E-state index contributed by atoms with van der Waals surface area (Å²) in [5.74, 6) is 0.217. The number of urea groups is 1. The lowest BCUT2D eigenvalue weighted by atomic mass is 9.78. The number of nitriles is 1. The van der Waals surface area contributed by atoms with Crippen molar-refractivity contribution in [3.63, 3.8) is 0 Å². The lowest BCUT2D eigenvalue weighted by molar-refractivity contribution is -0.121. The van der Waals surface area contributed by atoms with Gasteiger partial charge >= 0.3 is 6.03 Å². The fourth-order valence-electron chi connectivity index (χ4n) is 7.69. The first-order valence-corrected chi connectivity index (χ1v) is 17.8. The van der Waals surface area contributed by atoms with Crippen molar-refractivity contribution in [3.8, 4) is 11.9 Å². The van der Waals surface area contributed by atoms with Crippen molar-refractivity contribution in [2.45, 2.75) is 42.2 Å². The number of carbonyl (C=O) groups is 2. The maximum Gasteiger partial charge on any atom is 0.318 e. The number of aromatic nitrogens is 1. The highest BCUT2D eigenvalue weighted by Crippen LogP contribution is 2.49. The number of amides is 3. The zero-order valence-corrected chi connectivity index (χ0v) is 27.6. The number of hydrogen-bond donors (Lipinski definition) is 1. The molecule has 0 unspecified atom stereocenters. The molecule has 0 aliphatic carbocycles. The number of likely N-dealkylation sites (tertiary alicyclic amines) is 2. The van der Waals surface area contributed by atoms with Crippen LogP contribution in [0.5, 0.6) is 5.88 Å². The molecule has 3 amide bonds. The molecule has 5 heterocycles. The standard InChI is InChI=1S/C35H38N6O6S/c1-46-32-29(8-5-15-37-32)35(38-34(43)40-18-13-26(14-19-40)25-11-16-39(17-12-25)27-22-47-23-27)30-20-24(21-36)9-10-31(30)41(33(35)42)48(44,45)28-6-3-2-4-7-28/h2-10,15,20,25-27H,11-14,16-19,22-23H2,1H3,(H,38,43)/t35-/m1/s1. The summed E-state index contributed by atoms with van der Waals surface area (Å²) in [5, 5.41) is 12.8. The van der Waals surface area contributed by atoms with Crippen molar-refractivity contribution in [2.75, 3.05) is 50.8 Å². The van der Waals surface area contributed by atoms with E-state index in [-0.39, 0.29) is 33.2 Å². The van der Waals surface area contributed by atoms with Gasteiger partial charge in [-0.25, -0.2) is 18.2 Å². The molecule has 3 aromatic rings. The third-order valence-corrected chi connectivity index (χ3v) is 12.1. The minimum absolute atomic E-state index is 0.0348. The van der Waals surface area contributed by atoms with E-state index in [9.17, 15) is 23.3 Å². The van der Waals surface area contributed by atoms with Gasteiger partial charge in [-0.3, -0.25) is 9.69 Å². The number of nitrogens with one attached hydrogen (secondary N) is 1. The summed E-state index contributed by atoms with van der Waals surface area (Å²) in [6, 6.07) is 17.3. The summed E-state index contributed by atoms with van der Waals surface area (Å²) >= 11 is 0. The van der Waals surface area contributed by atoms with Crippen molar-refractivity contribution < 1.29 is 27.5 Å². The van der Waals surface area contributed by atoms with Gasteiger partial charge in [0.2, 0.25) is 5.88 Å². The Labute approximate surface area is 280 Å². The van der Waals surface area contributed by atoms with Crippen LogP contribution in [0.25, 0.3) is 0 Å². The number of fused-ring (bicyclic) bond motifs is 1. The van der Waals surface area contributed by atoms with Gasteiger partial charge in [0.1, 0.15) is 0 Å². The van der Waals surface area contributed by atoms with Crippen molar-refractivity contribution in [3.05, 3.63) is 83.6 Å². The number of rotatable bonds is 7. The zero-order chi connectivity index (χ0) is 33.5. The Morgan fingerprint density at radius 2 is 1.67 bits per heavy atom. The highest BCUT2D eigenvalue weighted by atomic mass is 32.2. The number of hydrogen-bond acceptors (Lipinski definition) is 9. The Bertz CT molecular complexity index is 1850. The molecule has 4 aliphatic heterocycles. The lowest BCUT2D eigenvalue weighted by Crippen LogP contribution is -2.58. The molecule has 3 saturated heterocycles. The van der Waals surface area contributed by atoms with Crippen LogP contribution in [0.15, 0.2) is 71.8 Å². The van der Waals surface area contributed by atoms with Crippen LogP contribution >= 0.6 is 0 Å². The fourth-order valence-corrected chi connectivity index (χ4v) is 9.17. The summed E-state index contributed by atoms with van der Waals surface area (Å²) < 4.78 is 40.0. The number of carbonyl (C=O) groups excluding carboxylic acids is 2. The van der Waals surface area contributed by atoms with Gasteiger partial charge in [-0.2, -0.15) is 9.57 Å². The van der Waals surface area contributed by atoms with Gasteiger partial charge in [0.15, 0.2) is 5.54 Å². The number of anilines is 1. The van der Waals surface area contributed by atoms with Crippen molar-refractivity contribution in [2.24, 2.45) is 11.8 Å². The quantitative estimate of drug-likeness (QED) is 0.400. The number of benzene rings is 2. The minimum atomic E-state index is -4.44. The lowest BCUT2D eigenvalue weighted by Gasteiger charge is -2.44. The van der Waals surface area contributed by atoms with E-state index in [2.05, 4.69) is 21.3 Å². The van der Waals surface area contributed by atoms with Gasteiger partial charge in [0.25, 0.3) is 15.9 Å². The first-order chi connectivity index (χ1) is 23.3. The molecule has 0 spiro atoms. The van der Waals surface area contributed by atoms with E-state index in [1.807, 2.05) is 0 Å². The first kappa shape index (κ1) is 32.1. The van der Waals surface area contributed by atoms with Crippen LogP contribution in [0.4, 0.5) is 10.5 Å². The summed E-state index contributed by atoms with van der Waals surface area (Å²) in [5.41, 5.74) is -1.53. The highest BCUT2D eigenvalue weighted by Gasteiger charge is 2.59. The average molecular weight is 671 g/mol. The molecule has 48 heavy (non-hydrogen) atoms. The van der Waals surface area contributed by atoms with Gasteiger partial charge in [-0.1, -0.05) is 18.2 Å². The second-order valence-corrected chi connectivity index (χ2v) is 14.6. The molecular weight excluding hydrogens is 632 g/mol. The van der Waals surface area contributed by atoms with Gasteiger partial charge in [-0.15, -0.1) is 0 Å². The first-order valence-electron chi connectivity index (χ1n) is 16.4. The van der Waals surface area contributed by atoms with E-state index >= 15 is 0 Å². The van der Waals surface area contributed by atoms with Crippen molar-refractivity contribution in [1.29, 1.82) is 5.26 Å². The molecular formula is C35H38N6O6S. The van der Waals surface area contributed by atoms with Gasteiger partial charge < -0.3 is 19.7 Å². The maximum atomic E-state index is 14.9. The van der Waals surface area contributed by atoms with Gasteiger partial charge in [0.05, 0.1) is 54.1 Å². The van der Waals surface area contributed by atoms with Gasteiger partial charge in [0, 0.05) is 24.8 Å². The van der Waals surface area contributed by atoms with Crippen LogP contribution in [0.1, 0.15) is 42.4 Å². The highest BCUT2D eigenvalue weighted by molar-refractivity contribution is 7.93. The molecule has 4 aliphatic rings. The molecule has 250 valence electrons. The number of piperidine rings is 2. The number of methoxy groups -OCH3 is 1. The largest absolute Gasteiger partial charge is 0.481 e. The Balaban J connectivity index is 1.21. The van der Waals surface area contributed by atoms with Crippen LogP contribution in [-0.2, 0) is 25.1 Å². The predicted molar refractivity (Wildman–Crippen MR) is 176 cm³/mol. The third-order valence-electron chi connectivity index (χ3n) is 10.4. The van der Waals surface area contributed by atoms with Gasteiger partial charge in [-0.05, 0) is 93.1 Å². The zero-order valence-electron chi connectivity index (χ0n) is 26.7. The van der Waals surface area contributed by atoms with E-state index in [0.717, 1.165) is 56.3 Å². The van der Waals surface area contributed by atoms with Crippen molar-refractivity contribution >= 4 is 27.6 Å². The van der Waals surface area contributed by atoms with E-state index in [4.69, 9.17) is 9.47 Å². The summed E-state index contributed by atoms with van der Waals surface area (Å²) in [4.78, 5) is 37.6. The Hall–Kier alpha value is -4.51. The minimum Gasteiger partial charge on any atom is -0.481 e. The smallest absolute Gasteiger partial charge is 0.318 e. The molecule has 3 fully saturated rings. The monoisotopic (exact) mass is 670 g/mol. The maximum absolute atomic E-state index is 14.9. The van der Waals surface area contributed by atoms with Crippen LogP contribution in [0, 0.1) is 23.2 Å². The molecule has 2 aromatic carbocycles. The second kappa shape index (κ2) is 12.8. The van der Waals surface area contributed by atoms with E-state index in [1.165, 1.54) is 43.6 Å². The average Bonchev–Trinajstić information content (AvgIpc) is 3.35. The molecule has 0 saturated carbocycles. The molecule has 0 bridgehead atoms. The molecule has 12 nitrogen and oxygen atoms in total. The normalized spacial score (nSPS) is 22.5. The number of sulfonamides is 1. The Kier molecular flexibility index (Phi) is 8.57. The second-order valence-electron chi connectivity index (χ2n) is 12.9. The number of pyridine rings is 1. The molecule has 13 heteroatoms. The molecule has 1 aromatic heterocycles. The van der Waals surface area contributed by atoms with E-state index in [0.29, 0.717) is 31.0 Å². The Morgan fingerprint density at radius 1 is 0.979 bits per heavy atom. The third kappa shape index (κ3) is 5.38. The van der Waals surface area contributed by atoms with Crippen LogP contribution in [-0.4, -0.2) is 87.7 Å². The van der Waals surface area contributed by atoms with E-state index < -0.39 is 27.5 Å². The molecule has 7 rings (SSSR count). The van der Waals surface area contributed by atoms with Crippen LogP contribution < -0.4 is 14.4 Å². The number of nitrogens with zero attached hydrogens (tertiary/aromatic N) is 5. The predicted octanol–water partition coefficient (Wildman–Crippen LogP) is 3.47. The molecule has 1 atom stereocenters. The van der Waals surface area contributed by atoms with Crippen molar-refractivity contribution in [1.82, 2.24) is 20.1 Å². The molecule has 0 radical (unpaired) electrons. The molecule has 1 N–H and O–H groups in total. The fraction of sp³-hybridized carbons (Fsp3) is 0.429. The SMILES string of the molecule is COc1ncccc1[C@]1(NC(=O)N2CCC(C3CCN(C4COC4)CC3)CC2)C(=O)N(S(=O)(=O)c2ccccc2)c2ccc(C#N)cc21. The summed E-state index contributed by atoms with van der Waals surface area (Å²) in [6.07, 6.45) is 5.43. The van der Waals surface area contributed by atoms with Crippen LogP contribution in [0.2, 0.25) is 0 Å². The van der Waals surface area contributed by atoms with Crippen LogP contribution in [0.3, 0.4) is 0 Å². The summed E-state index contributed by atoms with van der Waals surface area (Å²) in [7, 11) is -3.05. The topological polar surface area (TPSA) is 145 Å². The summed E-state index contributed by atoms with van der Waals surface area (Å²) in [6.45, 7) is 4.79. The van der Waals surface area contributed by atoms with E-state index in [1.54, 1.807) is 35.2 Å². The number of ether oxygens (including phenoxy) is 2.